The van der Waals surface area contributed by atoms with Crippen molar-refractivity contribution >= 4 is 56.0 Å². The highest BCUT2D eigenvalue weighted by molar-refractivity contribution is 14.1. The number of halogens is 1. The van der Waals surface area contributed by atoms with Gasteiger partial charge in [-0.3, -0.25) is 14.4 Å². The standard InChI is InChI=1S/C21H21IN4O3S/c22-14-4-1-3-13(9-14)10-17(27)26(15-5-6-15)8-2-7-23-19(28)16-11-30-21-18(16)20(29)24-12-25-21/h1,3-4,9,11-12,15H,2,5-8,10H2,(H,23,28)(H,24,25,29). The lowest BCUT2D eigenvalue weighted by atomic mass is 10.1. The molecule has 0 aliphatic heterocycles. The smallest absolute Gasteiger partial charge is 0.260 e. The minimum atomic E-state index is -0.313. The van der Waals surface area contributed by atoms with Crippen LogP contribution in [-0.4, -0.2) is 45.8 Å². The molecule has 2 heterocycles. The number of H-pyrrole nitrogens is 1. The highest BCUT2D eigenvalue weighted by Crippen LogP contribution is 2.27. The normalized spacial score (nSPS) is 13.4. The van der Waals surface area contributed by atoms with Crippen molar-refractivity contribution in [1.82, 2.24) is 20.2 Å². The van der Waals surface area contributed by atoms with Crippen molar-refractivity contribution in [3.05, 3.63) is 61.0 Å². The molecule has 1 aliphatic carbocycles. The Morgan fingerprint density at radius 3 is 2.93 bits per heavy atom. The highest BCUT2D eigenvalue weighted by Gasteiger charge is 2.32. The van der Waals surface area contributed by atoms with Gasteiger partial charge in [0.2, 0.25) is 5.91 Å². The molecule has 1 fully saturated rings. The van der Waals surface area contributed by atoms with E-state index in [1.807, 2.05) is 29.2 Å². The maximum absolute atomic E-state index is 12.8. The van der Waals surface area contributed by atoms with Gasteiger partial charge in [-0.2, -0.15) is 0 Å². The number of aromatic amines is 1. The molecule has 0 radical (unpaired) electrons. The van der Waals surface area contributed by atoms with Gasteiger partial charge in [0.15, 0.2) is 0 Å². The summed E-state index contributed by atoms with van der Waals surface area (Å²) in [5.41, 5.74) is 1.06. The molecule has 1 aliphatic rings. The molecule has 30 heavy (non-hydrogen) atoms. The van der Waals surface area contributed by atoms with Gasteiger partial charge in [0.05, 0.1) is 23.7 Å². The number of benzene rings is 1. The van der Waals surface area contributed by atoms with Crippen LogP contribution in [0.2, 0.25) is 0 Å². The van der Waals surface area contributed by atoms with E-state index in [1.165, 1.54) is 17.7 Å². The van der Waals surface area contributed by atoms with E-state index in [1.54, 1.807) is 5.38 Å². The first kappa shape index (κ1) is 21.0. The van der Waals surface area contributed by atoms with E-state index < -0.39 is 0 Å². The van der Waals surface area contributed by atoms with Gasteiger partial charge >= 0.3 is 0 Å². The van der Waals surface area contributed by atoms with Gasteiger partial charge in [-0.25, -0.2) is 4.98 Å². The van der Waals surface area contributed by atoms with Crippen LogP contribution in [0.3, 0.4) is 0 Å². The quantitative estimate of drug-likeness (QED) is 0.342. The number of carbonyl (C=O) groups excluding carboxylic acids is 2. The van der Waals surface area contributed by atoms with Crippen LogP contribution in [0.1, 0.15) is 35.2 Å². The Bertz CT molecular complexity index is 1140. The third kappa shape index (κ3) is 4.89. The van der Waals surface area contributed by atoms with Crippen molar-refractivity contribution < 1.29 is 9.59 Å². The van der Waals surface area contributed by atoms with Crippen molar-refractivity contribution in [2.24, 2.45) is 0 Å². The van der Waals surface area contributed by atoms with Gasteiger partial charge < -0.3 is 15.2 Å². The number of nitrogens with zero attached hydrogens (tertiary/aromatic N) is 2. The maximum Gasteiger partial charge on any atom is 0.260 e. The number of aromatic nitrogens is 2. The third-order valence-corrected chi connectivity index (χ3v) is 6.59. The van der Waals surface area contributed by atoms with Crippen LogP contribution in [0.25, 0.3) is 10.2 Å². The average molecular weight is 536 g/mol. The van der Waals surface area contributed by atoms with Gasteiger partial charge in [-0.1, -0.05) is 12.1 Å². The first-order valence-electron chi connectivity index (χ1n) is 9.80. The monoisotopic (exact) mass is 536 g/mol. The number of amides is 2. The molecule has 0 atom stereocenters. The van der Waals surface area contributed by atoms with E-state index in [-0.39, 0.29) is 17.4 Å². The zero-order chi connectivity index (χ0) is 21.1. The molecule has 1 saturated carbocycles. The number of carbonyl (C=O) groups is 2. The maximum atomic E-state index is 12.8. The van der Waals surface area contributed by atoms with Gasteiger partial charge in [-0.05, 0) is 59.5 Å². The SMILES string of the molecule is O=C(NCCCN(C(=O)Cc1cccc(I)c1)C1CC1)c1csc2nc[nH]c(=O)c12. The largest absolute Gasteiger partial charge is 0.352 e. The number of fused-ring (bicyclic) bond motifs is 1. The second-order valence-corrected chi connectivity index (χ2v) is 9.40. The summed E-state index contributed by atoms with van der Waals surface area (Å²) in [7, 11) is 0. The molecule has 1 aromatic carbocycles. The fraction of sp³-hybridized carbons (Fsp3) is 0.333. The second kappa shape index (κ2) is 9.25. The number of nitrogens with one attached hydrogen (secondary N) is 2. The number of hydrogen-bond acceptors (Lipinski definition) is 5. The molecule has 9 heteroatoms. The lowest BCUT2D eigenvalue weighted by molar-refractivity contribution is -0.131. The van der Waals surface area contributed by atoms with E-state index in [0.717, 1.165) is 22.0 Å². The minimum absolute atomic E-state index is 0.132. The predicted molar refractivity (Wildman–Crippen MR) is 125 cm³/mol. The molecule has 7 nitrogen and oxygen atoms in total. The fourth-order valence-electron chi connectivity index (χ4n) is 3.42. The average Bonchev–Trinajstić information content (AvgIpc) is 3.45. The van der Waals surface area contributed by atoms with E-state index in [2.05, 4.69) is 37.9 Å². The molecule has 2 N–H and O–H groups in total. The molecule has 2 amide bonds. The lowest BCUT2D eigenvalue weighted by Crippen LogP contribution is -2.37. The second-order valence-electron chi connectivity index (χ2n) is 7.30. The van der Waals surface area contributed by atoms with E-state index in [0.29, 0.717) is 47.8 Å². The molecule has 3 aromatic rings. The van der Waals surface area contributed by atoms with Crippen LogP contribution in [0.4, 0.5) is 0 Å². The summed E-state index contributed by atoms with van der Waals surface area (Å²) >= 11 is 3.52. The van der Waals surface area contributed by atoms with Crippen molar-refractivity contribution in [3.8, 4) is 0 Å². The van der Waals surface area contributed by atoms with Crippen molar-refractivity contribution in [2.45, 2.75) is 31.7 Å². The summed E-state index contributed by atoms with van der Waals surface area (Å²) in [6.45, 7) is 1.05. The van der Waals surface area contributed by atoms with Crippen LogP contribution in [-0.2, 0) is 11.2 Å². The third-order valence-electron chi connectivity index (χ3n) is 5.03. The Morgan fingerprint density at radius 1 is 1.33 bits per heavy atom. The molecule has 0 spiro atoms. The Labute approximate surface area is 191 Å². The summed E-state index contributed by atoms with van der Waals surface area (Å²) in [4.78, 5) is 46.4. The van der Waals surface area contributed by atoms with E-state index in [9.17, 15) is 14.4 Å². The number of hydrogen-bond donors (Lipinski definition) is 2. The fourth-order valence-corrected chi connectivity index (χ4v) is 4.91. The molecule has 0 bridgehead atoms. The van der Waals surface area contributed by atoms with Gasteiger partial charge in [0, 0.05) is 28.1 Å². The topological polar surface area (TPSA) is 95.2 Å². The Kier molecular flexibility index (Phi) is 6.47. The predicted octanol–water partition coefficient (Wildman–Crippen LogP) is 2.94. The minimum Gasteiger partial charge on any atom is -0.352 e. The highest BCUT2D eigenvalue weighted by atomic mass is 127. The van der Waals surface area contributed by atoms with Crippen molar-refractivity contribution in [2.75, 3.05) is 13.1 Å². The summed E-state index contributed by atoms with van der Waals surface area (Å²) < 4.78 is 1.12. The van der Waals surface area contributed by atoms with Crippen molar-refractivity contribution in [1.29, 1.82) is 0 Å². The molecular weight excluding hydrogens is 515 g/mol. The zero-order valence-electron chi connectivity index (χ0n) is 16.2. The van der Waals surface area contributed by atoms with Crippen LogP contribution in [0, 0.1) is 3.57 Å². The molecule has 0 unspecified atom stereocenters. The van der Waals surface area contributed by atoms with E-state index in [4.69, 9.17) is 0 Å². The first-order chi connectivity index (χ1) is 14.5. The number of rotatable bonds is 8. The van der Waals surface area contributed by atoms with Crippen molar-refractivity contribution in [3.63, 3.8) is 0 Å². The van der Waals surface area contributed by atoms with Gasteiger partial charge in [0.1, 0.15) is 4.83 Å². The summed E-state index contributed by atoms with van der Waals surface area (Å²) in [6.07, 6.45) is 4.48. The van der Waals surface area contributed by atoms with E-state index >= 15 is 0 Å². The summed E-state index contributed by atoms with van der Waals surface area (Å²) in [5, 5.41) is 4.85. The lowest BCUT2D eigenvalue weighted by Gasteiger charge is -2.22. The van der Waals surface area contributed by atoms with Crippen LogP contribution in [0.15, 0.2) is 40.8 Å². The first-order valence-corrected chi connectivity index (χ1v) is 11.8. The van der Waals surface area contributed by atoms with Gasteiger partial charge in [0.25, 0.3) is 11.5 Å². The summed E-state index contributed by atoms with van der Waals surface area (Å²) in [5.74, 6) is -0.157. The molecule has 0 saturated heterocycles. The van der Waals surface area contributed by atoms with Crippen LogP contribution in [0.5, 0.6) is 0 Å². The van der Waals surface area contributed by atoms with Gasteiger partial charge in [-0.15, -0.1) is 11.3 Å². The van der Waals surface area contributed by atoms with Crippen LogP contribution < -0.4 is 10.9 Å². The van der Waals surface area contributed by atoms with Crippen LogP contribution >= 0.6 is 33.9 Å². The Morgan fingerprint density at radius 2 is 2.17 bits per heavy atom. The molecule has 2 aromatic heterocycles. The molecule has 4 rings (SSSR count). The number of thiophene rings is 1. The molecular formula is C21H21IN4O3S. The summed E-state index contributed by atoms with van der Waals surface area (Å²) in [6, 6.07) is 8.31. The Hall–Kier alpha value is -2.27. The Balaban J connectivity index is 1.31. The molecule has 156 valence electrons. The zero-order valence-corrected chi connectivity index (χ0v) is 19.2.